The van der Waals surface area contributed by atoms with Crippen molar-refractivity contribution >= 4 is 22.9 Å². The molecule has 0 N–H and O–H groups in total. The molecule has 0 aromatic heterocycles. The molecule has 2 saturated heterocycles. The van der Waals surface area contributed by atoms with Crippen LogP contribution in [0.15, 0.2) is 24.3 Å². The van der Waals surface area contributed by atoms with Crippen LogP contribution in [-0.2, 0) is 4.79 Å². The molecule has 2 aliphatic heterocycles. The summed E-state index contributed by atoms with van der Waals surface area (Å²) in [5, 5.41) is 0.0218. The van der Waals surface area contributed by atoms with Crippen molar-refractivity contribution in [2.45, 2.75) is 18.9 Å². The van der Waals surface area contributed by atoms with Gasteiger partial charge in [0.25, 0.3) is 5.24 Å². The van der Waals surface area contributed by atoms with Gasteiger partial charge in [-0.1, -0.05) is 23.9 Å². The molecule has 2 heterocycles. The van der Waals surface area contributed by atoms with E-state index in [1.165, 1.54) is 11.8 Å². The van der Waals surface area contributed by atoms with Gasteiger partial charge in [0.1, 0.15) is 12.3 Å². The van der Waals surface area contributed by atoms with Gasteiger partial charge in [-0.25, -0.2) is 0 Å². The summed E-state index contributed by atoms with van der Waals surface area (Å²) in [6, 6.07) is 8.01. The van der Waals surface area contributed by atoms with Crippen molar-refractivity contribution in [3.63, 3.8) is 0 Å². The van der Waals surface area contributed by atoms with Crippen LogP contribution in [0.4, 0.5) is 4.79 Å². The van der Waals surface area contributed by atoms with E-state index in [1.54, 1.807) is 12.0 Å². The summed E-state index contributed by atoms with van der Waals surface area (Å²) in [4.78, 5) is 27.8. The Morgan fingerprint density at radius 2 is 2.09 bits per heavy atom. The van der Waals surface area contributed by atoms with Crippen LogP contribution in [0.5, 0.6) is 5.75 Å². The topological polar surface area (TPSA) is 49.9 Å². The fourth-order valence-corrected chi connectivity index (χ4v) is 3.89. The average molecular weight is 320 g/mol. The maximum absolute atomic E-state index is 12.6. The van der Waals surface area contributed by atoms with Crippen molar-refractivity contribution in [1.82, 2.24) is 9.80 Å². The van der Waals surface area contributed by atoms with Gasteiger partial charge in [0.15, 0.2) is 0 Å². The van der Waals surface area contributed by atoms with Gasteiger partial charge in [-0.15, -0.1) is 0 Å². The van der Waals surface area contributed by atoms with E-state index in [9.17, 15) is 9.59 Å². The van der Waals surface area contributed by atoms with Crippen molar-refractivity contribution in [2.24, 2.45) is 0 Å². The number of likely N-dealkylation sites (tertiary alicyclic amines) is 1. The highest BCUT2D eigenvalue weighted by Gasteiger charge is 2.32. The zero-order chi connectivity index (χ0) is 15.5. The molecule has 118 valence electrons. The lowest BCUT2D eigenvalue weighted by Crippen LogP contribution is -2.40. The fourth-order valence-electron chi connectivity index (χ4n) is 3.06. The molecule has 1 aromatic carbocycles. The number of hydrogen-bond acceptors (Lipinski definition) is 4. The number of ether oxygens (including phenoxy) is 1. The summed E-state index contributed by atoms with van der Waals surface area (Å²) in [5.41, 5.74) is 1.13. The van der Waals surface area contributed by atoms with Gasteiger partial charge in [0.05, 0.1) is 13.2 Å². The van der Waals surface area contributed by atoms with Crippen molar-refractivity contribution in [3.8, 4) is 5.75 Å². The van der Waals surface area contributed by atoms with E-state index in [2.05, 4.69) is 0 Å². The van der Waals surface area contributed by atoms with Gasteiger partial charge >= 0.3 is 0 Å². The first-order valence-electron chi connectivity index (χ1n) is 7.54. The highest BCUT2D eigenvalue weighted by atomic mass is 32.2. The lowest BCUT2D eigenvalue weighted by molar-refractivity contribution is -0.132. The smallest absolute Gasteiger partial charge is 0.282 e. The number of nitrogens with zero attached hydrogens (tertiary/aromatic N) is 2. The molecule has 0 radical (unpaired) electrons. The third-order valence-corrected chi connectivity index (χ3v) is 5.14. The Morgan fingerprint density at radius 3 is 2.73 bits per heavy atom. The minimum atomic E-state index is 0.0218. The lowest BCUT2D eigenvalue weighted by Gasteiger charge is -2.27. The predicted octanol–water partition coefficient (Wildman–Crippen LogP) is 2.53. The van der Waals surface area contributed by atoms with Crippen LogP contribution in [-0.4, -0.2) is 53.4 Å². The Labute approximate surface area is 134 Å². The molecule has 22 heavy (non-hydrogen) atoms. The predicted molar refractivity (Wildman–Crippen MR) is 86.1 cm³/mol. The number of rotatable bonds is 4. The second-order valence-corrected chi connectivity index (χ2v) is 6.60. The summed E-state index contributed by atoms with van der Waals surface area (Å²) >= 11 is 1.29. The second kappa shape index (κ2) is 6.60. The van der Waals surface area contributed by atoms with Gasteiger partial charge in [-0.05, 0) is 30.5 Å². The standard InChI is InChI=1S/C16H20N2O3S/c1-21-13-6-4-12(5-7-13)14-3-2-8-18(14)15(19)11-17-9-10-22-16(17)20/h4-7,14H,2-3,8-11H2,1H3. The Balaban J connectivity index is 1.69. The van der Waals surface area contributed by atoms with Crippen LogP contribution in [0.2, 0.25) is 0 Å². The number of amides is 2. The lowest BCUT2D eigenvalue weighted by atomic mass is 10.0. The van der Waals surface area contributed by atoms with Gasteiger partial charge < -0.3 is 14.5 Å². The highest BCUT2D eigenvalue weighted by Crippen LogP contribution is 2.33. The summed E-state index contributed by atoms with van der Waals surface area (Å²) < 4.78 is 5.18. The van der Waals surface area contributed by atoms with Gasteiger partial charge in [-0.2, -0.15) is 0 Å². The molecule has 1 aromatic rings. The van der Waals surface area contributed by atoms with Crippen LogP contribution in [0, 0.1) is 0 Å². The minimum Gasteiger partial charge on any atom is -0.497 e. The van der Waals surface area contributed by atoms with Crippen LogP contribution in [0.3, 0.4) is 0 Å². The van der Waals surface area contributed by atoms with Crippen LogP contribution >= 0.6 is 11.8 Å². The van der Waals surface area contributed by atoms with E-state index in [1.807, 2.05) is 29.2 Å². The molecule has 0 saturated carbocycles. The normalized spacial score (nSPS) is 21.5. The fraction of sp³-hybridized carbons (Fsp3) is 0.500. The average Bonchev–Trinajstić information content (AvgIpc) is 3.17. The molecule has 1 atom stereocenters. The van der Waals surface area contributed by atoms with Gasteiger partial charge in [0.2, 0.25) is 5.91 Å². The van der Waals surface area contributed by atoms with Crippen molar-refractivity contribution in [1.29, 1.82) is 0 Å². The summed E-state index contributed by atoms with van der Waals surface area (Å²) in [6.07, 6.45) is 1.98. The first kappa shape index (κ1) is 15.2. The number of carbonyl (C=O) groups excluding carboxylic acids is 2. The summed E-state index contributed by atoms with van der Waals surface area (Å²) in [6.45, 7) is 1.65. The van der Waals surface area contributed by atoms with E-state index in [0.717, 1.165) is 36.5 Å². The Hall–Kier alpha value is -1.69. The largest absolute Gasteiger partial charge is 0.497 e. The van der Waals surface area contributed by atoms with Gasteiger partial charge in [-0.3, -0.25) is 9.59 Å². The molecular formula is C16H20N2O3S. The molecule has 0 spiro atoms. The number of methoxy groups -OCH3 is 1. The first-order chi connectivity index (χ1) is 10.7. The van der Waals surface area contributed by atoms with Crippen LogP contribution < -0.4 is 4.74 Å². The van der Waals surface area contributed by atoms with E-state index in [4.69, 9.17) is 4.74 Å². The summed E-state index contributed by atoms with van der Waals surface area (Å²) in [5.74, 6) is 1.65. The number of thioether (sulfide) groups is 1. The molecule has 2 amide bonds. The molecule has 0 bridgehead atoms. The number of benzene rings is 1. The SMILES string of the molecule is COc1ccc(C2CCCN2C(=O)CN2CCSC2=O)cc1. The quantitative estimate of drug-likeness (QED) is 0.855. The first-order valence-corrected chi connectivity index (χ1v) is 8.52. The maximum Gasteiger partial charge on any atom is 0.282 e. The maximum atomic E-state index is 12.6. The Bertz CT molecular complexity index is 561. The third-order valence-electron chi connectivity index (χ3n) is 4.24. The Morgan fingerprint density at radius 1 is 1.32 bits per heavy atom. The third kappa shape index (κ3) is 3.06. The molecular weight excluding hydrogens is 300 g/mol. The van der Waals surface area contributed by atoms with Crippen molar-refractivity contribution in [3.05, 3.63) is 29.8 Å². The molecule has 0 aliphatic carbocycles. The minimum absolute atomic E-state index is 0.0218. The highest BCUT2D eigenvalue weighted by molar-refractivity contribution is 8.13. The summed E-state index contributed by atoms with van der Waals surface area (Å²) in [7, 11) is 1.64. The van der Waals surface area contributed by atoms with Crippen LogP contribution in [0.25, 0.3) is 0 Å². The molecule has 3 rings (SSSR count). The van der Waals surface area contributed by atoms with Crippen molar-refractivity contribution in [2.75, 3.05) is 32.5 Å². The van der Waals surface area contributed by atoms with Gasteiger partial charge in [0, 0.05) is 18.8 Å². The zero-order valence-electron chi connectivity index (χ0n) is 12.7. The molecule has 5 nitrogen and oxygen atoms in total. The monoisotopic (exact) mass is 320 g/mol. The molecule has 1 unspecified atom stereocenters. The van der Waals surface area contributed by atoms with Crippen LogP contribution in [0.1, 0.15) is 24.4 Å². The van der Waals surface area contributed by atoms with E-state index >= 15 is 0 Å². The van der Waals surface area contributed by atoms with E-state index in [-0.39, 0.29) is 23.7 Å². The van der Waals surface area contributed by atoms with Crippen molar-refractivity contribution < 1.29 is 14.3 Å². The zero-order valence-corrected chi connectivity index (χ0v) is 13.5. The molecule has 6 heteroatoms. The number of hydrogen-bond donors (Lipinski definition) is 0. The van der Waals surface area contributed by atoms with E-state index < -0.39 is 0 Å². The molecule has 2 fully saturated rings. The molecule has 2 aliphatic rings. The Kier molecular flexibility index (Phi) is 4.57. The second-order valence-electron chi connectivity index (χ2n) is 5.55. The number of carbonyl (C=O) groups is 2. The van der Waals surface area contributed by atoms with E-state index in [0.29, 0.717) is 6.54 Å².